The van der Waals surface area contributed by atoms with Gasteiger partial charge in [-0.1, -0.05) is 30.3 Å². The van der Waals surface area contributed by atoms with Crippen molar-refractivity contribution in [3.8, 4) is 23.0 Å². The molecule has 0 aliphatic heterocycles. The van der Waals surface area contributed by atoms with Gasteiger partial charge in [0.05, 0.1) is 33.0 Å². The second-order valence-electron chi connectivity index (χ2n) is 5.33. The van der Waals surface area contributed by atoms with Crippen molar-refractivity contribution in [3.63, 3.8) is 0 Å². The van der Waals surface area contributed by atoms with Gasteiger partial charge in [0.1, 0.15) is 5.75 Å². The van der Waals surface area contributed by atoms with Crippen LogP contribution in [-0.2, 0) is 11.2 Å². The molecule has 0 heterocycles. The lowest BCUT2D eigenvalue weighted by Crippen LogP contribution is -2.07. The van der Waals surface area contributed by atoms with Crippen molar-refractivity contribution >= 4 is 0 Å². The first-order valence-corrected chi connectivity index (χ1v) is 7.74. The third-order valence-electron chi connectivity index (χ3n) is 4.01. The summed E-state index contributed by atoms with van der Waals surface area (Å²) in [6, 6.07) is 11.8. The molecular weight excluding hydrogens is 308 g/mol. The highest BCUT2D eigenvalue weighted by molar-refractivity contribution is 5.61. The molecule has 2 aromatic carbocycles. The molecule has 130 valence electrons. The van der Waals surface area contributed by atoms with Crippen molar-refractivity contribution in [2.24, 2.45) is 0 Å². The molecule has 0 radical (unpaired) electrons. The molecule has 0 fully saturated rings. The minimum atomic E-state index is -0.333. The third kappa shape index (κ3) is 3.74. The highest BCUT2D eigenvalue weighted by Crippen LogP contribution is 2.48. The molecule has 0 saturated carbocycles. The number of hydrogen-bond acceptors (Lipinski definition) is 5. The van der Waals surface area contributed by atoms with Crippen LogP contribution in [0.2, 0.25) is 0 Å². The van der Waals surface area contributed by atoms with E-state index in [4.69, 9.17) is 18.9 Å². The molecule has 24 heavy (non-hydrogen) atoms. The van der Waals surface area contributed by atoms with E-state index in [2.05, 4.69) is 12.1 Å². The van der Waals surface area contributed by atoms with Gasteiger partial charge >= 0.3 is 0 Å². The number of benzene rings is 2. The van der Waals surface area contributed by atoms with Crippen molar-refractivity contribution in [1.29, 1.82) is 0 Å². The molecule has 1 unspecified atom stereocenters. The number of aromatic hydroxyl groups is 1. The summed E-state index contributed by atoms with van der Waals surface area (Å²) in [6.45, 7) is 0. The Balaban J connectivity index is 2.36. The summed E-state index contributed by atoms with van der Waals surface area (Å²) >= 11 is 0. The third-order valence-corrected chi connectivity index (χ3v) is 4.01. The summed E-state index contributed by atoms with van der Waals surface area (Å²) < 4.78 is 21.6. The predicted octanol–water partition coefficient (Wildman–Crippen LogP) is 3.74. The molecule has 1 atom stereocenters. The van der Waals surface area contributed by atoms with Crippen molar-refractivity contribution in [3.05, 3.63) is 47.5 Å². The summed E-state index contributed by atoms with van der Waals surface area (Å²) in [7, 11) is 6.17. The van der Waals surface area contributed by atoms with E-state index in [-0.39, 0.29) is 17.6 Å². The Morgan fingerprint density at radius 1 is 0.917 bits per heavy atom. The van der Waals surface area contributed by atoms with Crippen LogP contribution >= 0.6 is 0 Å². The molecule has 5 heteroatoms. The van der Waals surface area contributed by atoms with Crippen LogP contribution in [0.4, 0.5) is 0 Å². The SMILES string of the molecule is COc1cc(OC)c(C(CCc2ccccc2)OC)c(O)c1OC. The van der Waals surface area contributed by atoms with E-state index in [0.29, 0.717) is 23.5 Å². The molecule has 0 aromatic heterocycles. The van der Waals surface area contributed by atoms with Crippen LogP contribution in [0, 0.1) is 0 Å². The van der Waals surface area contributed by atoms with E-state index in [1.54, 1.807) is 20.3 Å². The molecular formula is C19H24O5. The van der Waals surface area contributed by atoms with E-state index in [1.165, 1.54) is 19.8 Å². The van der Waals surface area contributed by atoms with Gasteiger partial charge in [0.15, 0.2) is 11.5 Å². The van der Waals surface area contributed by atoms with E-state index in [1.807, 2.05) is 18.2 Å². The Bertz CT molecular complexity index is 655. The van der Waals surface area contributed by atoms with Crippen LogP contribution in [0.15, 0.2) is 36.4 Å². The maximum Gasteiger partial charge on any atom is 0.203 e. The van der Waals surface area contributed by atoms with E-state index < -0.39 is 0 Å². The fraction of sp³-hybridized carbons (Fsp3) is 0.368. The fourth-order valence-corrected chi connectivity index (χ4v) is 2.77. The van der Waals surface area contributed by atoms with Gasteiger partial charge in [0, 0.05) is 13.2 Å². The van der Waals surface area contributed by atoms with Gasteiger partial charge in [-0.15, -0.1) is 0 Å². The lowest BCUT2D eigenvalue weighted by Gasteiger charge is -2.22. The zero-order chi connectivity index (χ0) is 17.5. The first-order chi connectivity index (χ1) is 11.7. The second kappa shape index (κ2) is 8.45. The molecule has 2 aromatic rings. The lowest BCUT2D eigenvalue weighted by atomic mass is 9.98. The van der Waals surface area contributed by atoms with Gasteiger partial charge in [-0.2, -0.15) is 0 Å². The zero-order valence-electron chi connectivity index (χ0n) is 14.5. The molecule has 1 N–H and O–H groups in total. The van der Waals surface area contributed by atoms with Crippen molar-refractivity contribution in [2.75, 3.05) is 28.4 Å². The minimum Gasteiger partial charge on any atom is -0.504 e. The first-order valence-electron chi connectivity index (χ1n) is 7.74. The van der Waals surface area contributed by atoms with Crippen molar-refractivity contribution in [1.82, 2.24) is 0 Å². The molecule has 0 amide bonds. The molecule has 0 aliphatic rings. The van der Waals surface area contributed by atoms with Gasteiger partial charge in [0.25, 0.3) is 0 Å². The Hall–Kier alpha value is -2.40. The molecule has 2 rings (SSSR count). The molecule has 5 nitrogen and oxygen atoms in total. The Morgan fingerprint density at radius 2 is 1.58 bits per heavy atom. The predicted molar refractivity (Wildman–Crippen MR) is 92.3 cm³/mol. The monoisotopic (exact) mass is 332 g/mol. The summed E-state index contributed by atoms with van der Waals surface area (Å²) in [5.74, 6) is 1.17. The number of methoxy groups -OCH3 is 4. The molecule has 0 bridgehead atoms. The number of phenolic OH excluding ortho intramolecular Hbond substituents is 1. The van der Waals surface area contributed by atoms with E-state index in [9.17, 15) is 5.11 Å². The summed E-state index contributed by atoms with van der Waals surface area (Å²) in [6.07, 6.45) is 1.18. The maximum atomic E-state index is 10.6. The van der Waals surface area contributed by atoms with Crippen LogP contribution in [-0.4, -0.2) is 33.5 Å². The van der Waals surface area contributed by atoms with Crippen LogP contribution < -0.4 is 14.2 Å². The number of rotatable bonds is 8. The number of ether oxygens (including phenoxy) is 4. The van der Waals surface area contributed by atoms with E-state index in [0.717, 1.165) is 6.42 Å². The summed E-state index contributed by atoms with van der Waals surface area (Å²) in [5.41, 5.74) is 1.77. The van der Waals surface area contributed by atoms with Crippen LogP contribution in [0.5, 0.6) is 23.0 Å². The van der Waals surface area contributed by atoms with Crippen molar-refractivity contribution < 1.29 is 24.1 Å². The Kier molecular flexibility index (Phi) is 6.32. The normalized spacial score (nSPS) is 11.8. The molecule has 0 spiro atoms. The zero-order valence-corrected chi connectivity index (χ0v) is 14.5. The maximum absolute atomic E-state index is 10.6. The Labute approximate surface area is 142 Å². The van der Waals surface area contributed by atoms with Gasteiger partial charge in [-0.3, -0.25) is 0 Å². The topological polar surface area (TPSA) is 57.2 Å². The minimum absolute atomic E-state index is 0.0198. The van der Waals surface area contributed by atoms with Gasteiger partial charge in [-0.25, -0.2) is 0 Å². The fourth-order valence-electron chi connectivity index (χ4n) is 2.77. The average Bonchev–Trinajstić information content (AvgIpc) is 2.63. The quantitative estimate of drug-likeness (QED) is 0.798. The van der Waals surface area contributed by atoms with Gasteiger partial charge in [-0.05, 0) is 18.4 Å². The standard InChI is InChI=1S/C19H24O5/c1-21-14(11-10-13-8-6-5-7-9-13)17-15(22-2)12-16(23-3)19(24-4)18(17)20/h5-9,12,14,20H,10-11H2,1-4H3. The number of aryl methyl sites for hydroxylation is 1. The summed E-state index contributed by atoms with van der Waals surface area (Å²) in [4.78, 5) is 0. The molecule has 0 saturated heterocycles. The van der Waals surface area contributed by atoms with Crippen molar-refractivity contribution in [2.45, 2.75) is 18.9 Å². The van der Waals surface area contributed by atoms with Gasteiger partial charge in [0.2, 0.25) is 5.75 Å². The largest absolute Gasteiger partial charge is 0.504 e. The number of hydrogen-bond donors (Lipinski definition) is 1. The van der Waals surface area contributed by atoms with Crippen LogP contribution in [0.25, 0.3) is 0 Å². The smallest absolute Gasteiger partial charge is 0.203 e. The van der Waals surface area contributed by atoms with Gasteiger partial charge < -0.3 is 24.1 Å². The average molecular weight is 332 g/mol. The highest BCUT2D eigenvalue weighted by atomic mass is 16.5. The van der Waals surface area contributed by atoms with Crippen LogP contribution in [0.3, 0.4) is 0 Å². The summed E-state index contributed by atoms with van der Waals surface area (Å²) in [5, 5.41) is 10.6. The van der Waals surface area contributed by atoms with E-state index >= 15 is 0 Å². The number of phenols is 1. The second-order valence-corrected chi connectivity index (χ2v) is 5.33. The lowest BCUT2D eigenvalue weighted by molar-refractivity contribution is 0.0906. The Morgan fingerprint density at radius 3 is 2.12 bits per heavy atom. The highest BCUT2D eigenvalue weighted by Gasteiger charge is 2.26. The first kappa shape index (κ1) is 17.9. The molecule has 0 aliphatic carbocycles. The van der Waals surface area contributed by atoms with Crippen LogP contribution in [0.1, 0.15) is 23.7 Å².